The summed E-state index contributed by atoms with van der Waals surface area (Å²) in [6.45, 7) is 5.60. The Bertz CT molecular complexity index is 217. The maximum atomic E-state index is 5.78. The summed E-state index contributed by atoms with van der Waals surface area (Å²) in [6, 6.07) is 0. The quantitative estimate of drug-likeness (QED) is 0.725. The van der Waals surface area contributed by atoms with Gasteiger partial charge in [0, 0.05) is 26.2 Å². The fourth-order valence-electron chi connectivity index (χ4n) is 2.58. The molecule has 3 unspecified atom stereocenters. The van der Waals surface area contributed by atoms with Crippen molar-refractivity contribution in [1.29, 1.82) is 0 Å². The van der Waals surface area contributed by atoms with E-state index in [1.54, 1.807) is 0 Å². The van der Waals surface area contributed by atoms with Crippen LogP contribution < -0.4 is 11.1 Å². The lowest BCUT2D eigenvalue weighted by molar-refractivity contribution is 0.0131. The highest BCUT2D eigenvalue weighted by atomic mass is 16.5. The van der Waals surface area contributed by atoms with Gasteiger partial charge in [-0.2, -0.15) is 0 Å². The first-order chi connectivity index (χ1) is 7.72. The summed E-state index contributed by atoms with van der Waals surface area (Å²) >= 11 is 0. The Morgan fingerprint density at radius 3 is 2.81 bits per heavy atom. The summed E-state index contributed by atoms with van der Waals surface area (Å²) in [5.74, 6) is 0. The van der Waals surface area contributed by atoms with Crippen molar-refractivity contribution in [3.63, 3.8) is 0 Å². The van der Waals surface area contributed by atoms with Crippen molar-refractivity contribution >= 4 is 0 Å². The molecule has 94 valence electrons. The van der Waals surface area contributed by atoms with Crippen LogP contribution in [0.1, 0.15) is 32.6 Å². The zero-order valence-electron chi connectivity index (χ0n) is 10.2. The minimum atomic E-state index is 0.0475. The molecule has 2 fully saturated rings. The summed E-state index contributed by atoms with van der Waals surface area (Å²) < 4.78 is 11.5. The van der Waals surface area contributed by atoms with Crippen molar-refractivity contribution in [2.75, 3.05) is 26.2 Å². The molecule has 0 radical (unpaired) electrons. The lowest BCUT2D eigenvalue weighted by Gasteiger charge is -2.24. The Hall–Kier alpha value is -0.160. The largest absolute Gasteiger partial charge is 0.374 e. The number of ether oxygens (including phenoxy) is 2. The molecular formula is C12H24N2O2. The SMILES string of the molecule is CC1(CNCC2CCC(CN)O2)CCCO1. The van der Waals surface area contributed by atoms with Crippen molar-refractivity contribution in [3.05, 3.63) is 0 Å². The molecule has 4 nitrogen and oxygen atoms in total. The molecule has 0 amide bonds. The highest BCUT2D eigenvalue weighted by molar-refractivity contribution is 4.84. The van der Waals surface area contributed by atoms with E-state index in [1.165, 1.54) is 6.42 Å². The van der Waals surface area contributed by atoms with Gasteiger partial charge in [-0.05, 0) is 32.6 Å². The van der Waals surface area contributed by atoms with Gasteiger partial charge in [-0.3, -0.25) is 0 Å². The fourth-order valence-corrected chi connectivity index (χ4v) is 2.58. The van der Waals surface area contributed by atoms with Crippen LogP contribution in [-0.4, -0.2) is 44.1 Å². The smallest absolute Gasteiger partial charge is 0.0779 e. The van der Waals surface area contributed by atoms with Crippen molar-refractivity contribution in [2.24, 2.45) is 5.73 Å². The van der Waals surface area contributed by atoms with E-state index in [0.29, 0.717) is 12.6 Å². The number of nitrogens with one attached hydrogen (secondary N) is 1. The second-order valence-electron chi connectivity index (χ2n) is 5.23. The molecule has 0 aromatic rings. The standard InChI is InChI=1S/C12H24N2O2/c1-12(5-2-6-15-12)9-14-8-11-4-3-10(7-13)16-11/h10-11,14H,2-9,13H2,1H3. The van der Waals surface area contributed by atoms with Gasteiger partial charge in [0.25, 0.3) is 0 Å². The minimum absolute atomic E-state index is 0.0475. The van der Waals surface area contributed by atoms with Crippen LogP contribution in [0.2, 0.25) is 0 Å². The van der Waals surface area contributed by atoms with E-state index >= 15 is 0 Å². The summed E-state index contributed by atoms with van der Waals surface area (Å²) in [4.78, 5) is 0. The molecular weight excluding hydrogens is 204 g/mol. The van der Waals surface area contributed by atoms with Crippen LogP contribution in [0.4, 0.5) is 0 Å². The molecule has 3 N–H and O–H groups in total. The molecule has 16 heavy (non-hydrogen) atoms. The third-order valence-corrected chi connectivity index (χ3v) is 3.63. The molecule has 2 saturated heterocycles. The maximum absolute atomic E-state index is 5.78. The monoisotopic (exact) mass is 228 g/mol. The molecule has 2 aliphatic rings. The van der Waals surface area contributed by atoms with Crippen LogP contribution in [0.3, 0.4) is 0 Å². The van der Waals surface area contributed by atoms with Gasteiger partial charge >= 0.3 is 0 Å². The zero-order valence-corrected chi connectivity index (χ0v) is 10.2. The third kappa shape index (κ3) is 3.17. The first kappa shape index (κ1) is 12.3. The van der Waals surface area contributed by atoms with Gasteiger partial charge in [0.2, 0.25) is 0 Å². The van der Waals surface area contributed by atoms with Gasteiger partial charge in [-0.15, -0.1) is 0 Å². The Balaban J connectivity index is 1.61. The molecule has 2 aliphatic heterocycles. The first-order valence-electron chi connectivity index (χ1n) is 6.42. The van der Waals surface area contributed by atoms with Gasteiger partial charge in [0.05, 0.1) is 17.8 Å². The molecule has 0 saturated carbocycles. The summed E-state index contributed by atoms with van der Waals surface area (Å²) in [5.41, 5.74) is 5.63. The highest BCUT2D eigenvalue weighted by Crippen LogP contribution is 2.24. The van der Waals surface area contributed by atoms with Crippen molar-refractivity contribution in [1.82, 2.24) is 5.32 Å². The minimum Gasteiger partial charge on any atom is -0.374 e. The van der Waals surface area contributed by atoms with Crippen LogP contribution >= 0.6 is 0 Å². The van der Waals surface area contributed by atoms with Gasteiger partial charge in [0.15, 0.2) is 0 Å². The summed E-state index contributed by atoms with van der Waals surface area (Å²) in [5, 5.41) is 3.46. The Labute approximate surface area is 97.9 Å². The van der Waals surface area contributed by atoms with E-state index in [0.717, 1.165) is 39.0 Å². The molecule has 0 aromatic heterocycles. The second kappa shape index (κ2) is 5.45. The Morgan fingerprint density at radius 2 is 2.19 bits per heavy atom. The van der Waals surface area contributed by atoms with Gasteiger partial charge in [0.1, 0.15) is 0 Å². The Morgan fingerprint density at radius 1 is 1.38 bits per heavy atom. The molecule has 0 aromatic carbocycles. The number of rotatable bonds is 5. The van der Waals surface area contributed by atoms with E-state index in [-0.39, 0.29) is 11.7 Å². The Kier molecular flexibility index (Phi) is 4.19. The average Bonchev–Trinajstić information content (AvgIpc) is 2.88. The molecule has 0 bridgehead atoms. The molecule has 2 rings (SSSR count). The average molecular weight is 228 g/mol. The normalized spacial score (nSPS) is 39.4. The predicted molar refractivity (Wildman–Crippen MR) is 63.4 cm³/mol. The van der Waals surface area contributed by atoms with Crippen molar-refractivity contribution in [2.45, 2.75) is 50.4 Å². The van der Waals surface area contributed by atoms with Gasteiger partial charge in [-0.25, -0.2) is 0 Å². The lowest BCUT2D eigenvalue weighted by Crippen LogP contribution is -2.40. The summed E-state index contributed by atoms with van der Waals surface area (Å²) in [7, 11) is 0. The number of nitrogens with two attached hydrogens (primary N) is 1. The van der Waals surface area contributed by atoms with Crippen LogP contribution in [-0.2, 0) is 9.47 Å². The maximum Gasteiger partial charge on any atom is 0.0779 e. The zero-order chi connectivity index (χ0) is 11.4. The topological polar surface area (TPSA) is 56.5 Å². The van der Waals surface area contributed by atoms with Crippen molar-refractivity contribution in [3.8, 4) is 0 Å². The second-order valence-corrected chi connectivity index (χ2v) is 5.23. The number of hydrogen-bond acceptors (Lipinski definition) is 4. The van der Waals surface area contributed by atoms with Crippen molar-refractivity contribution < 1.29 is 9.47 Å². The lowest BCUT2D eigenvalue weighted by atomic mass is 10.0. The number of hydrogen-bond donors (Lipinski definition) is 2. The van der Waals surface area contributed by atoms with Gasteiger partial charge in [-0.1, -0.05) is 0 Å². The molecule has 3 atom stereocenters. The highest BCUT2D eigenvalue weighted by Gasteiger charge is 2.30. The van der Waals surface area contributed by atoms with E-state index in [2.05, 4.69) is 12.2 Å². The van der Waals surface area contributed by atoms with E-state index in [4.69, 9.17) is 15.2 Å². The fraction of sp³-hybridized carbons (Fsp3) is 1.00. The summed E-state index contributed by atoms with van der Waals surface area (Å²) in [6.07, 6.45) is 5.22. The van der Waals surface area contributed by atoms with E-state index in [1.807, 2.05) is 0 Å². The third-order valence-electron chi connectivity index (χ3n) is 3.63. The van der Waals surface area contributed by atoms with E-state index in [9.17, 15) is 0 Å². The molecule has 2 heterocycles. The molecule has 0 spiro atoms. The predicted octanol–water partition coefficient (Wildman–Crippen LogP) is 0.651. The molecule has 0 aliphatic carbocycles. The van der Waals surface area contributed by atoms with Gasteiger partial charge < -0.3 is 20.5 Å². The molecule has 4 heteroatoms. The van der Waals surface area contributed by atoms with Crippen LogP contribution in [0, 0.1) is 0 Å². The van der Waals surface area contributed by atoms with Crippen LogP contribution in [0.15, 0.2) is 0 Å². The first-order valence-corrected chi connectivity index (χ1v) is 6.42. The van der Waals surface area contributed by atoms with Crippen LogP contribution in [0.5, 0.6) is 0 Å². The van der Waals surface area contributed by atoms with Crippen LogP contribution in [0.25, 0.3) is 0 Å². The van der Waals surface area contributed by atoms with E-state index < -0.39 is 0 Å².